The topological polar surface area (TPSA) is 125 Å². The van der Waals surface area contributed by atoms with Crippen LogP contribution in [0.25, 0.3) is 22.3 Å². The van der Waals surface area contributed by atoms with Gasteiger partial charge in [0.05, 0.1) is 48.2 Å². The number of cyclic esters (lactones) is 1. The van der Waals surface area contributed by atoms with E-state index >= 15 is 0 Å². The Morgan fingerprint density at radius 3 is 2.20 bits per heavy atom. The number of carboxylic acids is 1. The molecule has 3 heterocycles. The fourth-order valence-electron chi connectivity index (χ4n) is 6.19. The Bertz CT molecular complexity index is 1980. The van der Waals surface area contributed by atoms with Crippen LogP contribution in [0.15, 0.2) is 60.8 Å². The lowest BCUT2D eigenvalue weighted by molar-refractivity contribution is -0.143. The lowest BCUT2D eigenvalue weighted by Crippen LogP contribution is -2.51. The molecular weight excluding hydrogens is 686 g/mol. The third kappa shape index (κ3) is 7.00. The summed E-state index contributed by atoms with van der Waals surface area (Å²) >= 11 is 0. The highest BCUT2D eigenvalue weighted by molar-refractivity contribution is 5.89. The van der Waals surface area contributed by atoms with Gasteiger partial charge in [0.15, 0.2) is 0 Å². The summed E-state index contributed by atoms with van der Waals surface area (Å²) in [6.07, 6.45) is -11.8. The molecule has 1 aromatic heterocycles. The van der Waals surface area contributed by atoms with E-state index in [0.717, 1.165) is 10.5 Å². The number of hydrogen-bond acceptors (Lipinski definition) is 8. The number of aromatic nitrogens is 2. The van der Waals surface area contributed by atoms with Crippen molar-refractivity contribution in [3.05, 3.63) is 94.3 Å². The minimum Gasteiger partial charge on any atom is -0.496 e. The van der Waals surface area contributed by atoms with Crippen LogP contribution in [0.4, 0.5) is 37.1 Å². The summed E-state index contributed by atoms with van der Waals surface area (Å²) in [5.41, 5.74) is -0.240. The van der Waals surface area contributed by atoms with Gasteiger partial charge in [-0.25, -0.2) is 19.6 Å². The maximum Gasteiger partial charge on any atom is 0.416 e. The second-order valence-electron chi connectivity index (χ2n) is 12.4. The van der Waals surface area contributed by atoms with Crippen LogP contribution >= 0.6 is 0 Å². The van der Waals surface area contributed by atoms with Crippen molar-refractivity contribution in [3.63, 3.8) is 0 Å². The number of alkyl halides is 6. The second kappa shape index (κ2) is 13.1. The number of anilines is 1. The molecule has 0 saturated carbocycles. The number of β-amino-alcohol motifs (C(OH)–C–C–N with tert-alkyl or cyclic N) is 1. The molecule has 3 aromatic carbocycles. The molecule has 16 heteroatoms. The van der Waals surface area contributed by atoms with E-state index in [4.69, 9.17) is 14.5 Å². The van der Waals surface area contributed by atoms with Crippen molar-refractivity contribution in [1.29, 1.82) is 0 Å². The molecule has 1 unspecified atom stereocenters. The Morgan fingerprint density at radius 2 is 1.63 bits per heavy atom. The van der Waals surface area contributed by atoms with Gasteiger partial charge in [-0.3, -0.25) is 4.90 Å². The SMILES string of the molecule is COc1ccc(-c2ccc(C(=O)O)cc2C)cc1-c1cnc(N2CC(O)C2)nc1CN1C(=O)OC(c2cc(C(F)(F)F)cc(C(F)(F)F)c2)[C@@H]1C. The second-order valence-corrected chi connectivity index (χ2v) is 12.4. The van der Waals surface area contributed by atoms with E-state index < -0.39 is 59.4 Å². The summed E-state index contributed by atoms with van der Waals surface area (Å²) in [7, 11) is 1.44. The molecule has 2 aliphatic heterocycles. The van der Waals surface area contributed by atoms with Crippen molar-refractivity contribution in [3.8, 4) is 28.0 Å². The summed E-state index contributed by atoms with van der Waals surface area (Å²) in [6, 6.07) is 9.95. The molecular formula is C35H30F6N4O6. The van der Waals surface area contributed by atoms with E-state index in [-0.39, 0.29) is 42.9 Å². The average Bonchev–Trinajstić information content (AvgIpc) is 3.34. The number of carbonyl (C=O) groups excluding carboxylic acids is 1. The van der Waals surface area contributed by atoms with Gasteiger partial charge in [-0.2, -0.15) is 26.3 Å². The number of hydrogen-bond donors (Lipinski definition) is 2. The van der Waals surface area contributed by atoms with Gasteiger partial charge in [0, 0.05) is 30.4 Å². The van der Waals surface area contributed by atoms with E-state index in [1.165, 1.54) is 32.4 Å². The van der Waals surface area contributed by atoms with Crippen molar-refractivity contribution < 1.29 is 55.6 Å². The quantitative estimate of drug-likeness (QED) is 0.183. The zero-order valence-electron chi connectivity index (χ0n) is 27.2. The maximum atomic E-state index is 13.6. The number of nitrogens with zero attached hydrogens (tertiary/aromatic N) is 4. The predicted molar refractivity (Wildman–Crippen MR) is 170 cm³/mol. The van der Waals surface area contributed by atoms with E-state index in [2.05, 4.69) is 4.98 Å². The minimum atomic E-state index is -5.09. The molecule has 4 aromatic rings. The smallest absolute Gasteiger partial charge is 0.416 e. The third-order valence-electron chi connectivity index (χ3n) is 8.92. The average molecular weight is 717 g/mol. The van der Waals surface area contributed by atoms with Gasteiger partial charge in [0.25, 0.3) is 0 Å². The first-order valence-corrected chi connectivity index (χ1v) is 15.5. The van der Waals surface area contributed by atoms with Gasteiger partial charge in [0.1, 0.15) is 11.9 Å². The Morgan fingerprint density at radius 1 is 0.961 bits per heavy atom. The van der Waals surface area contributed by atoms with Crippen LogP contribution in [0.2, 0.25) is 0 Å². The fourth-order valence-corrected chi connectivity index (χ4v) is 6.19. The Kier molecular flexibility index (Phi) is 9.08. The molecule has 1 amide bonds. The first-order chi connectivity index (χ1) is 23.9. The summed E-state index contributed by atoms with van der Waals surface area (Å²) in [5.74, 6) is -0.477. The maximum absolute atomic E-state index is 13.6. The zero-order chi connectivity index (χ0) is 37.0. The number of aromatic carboxylic acids is 1. The summed E-state index contributed by atoms with van der Waals surface area (Å²) in [6.45, 7) is 3.40. The molecule has 2 aliphatic rings. The first-order valence-electron chi connectivity index (χ1n) is 15.5. The molecule has 2 fully saturated rings. The Balaban J connectivity index is 1.41. The number of benzene rings is 3. The van der Waals surface area contributed by atoms with Crippen molar-refractivity contribution >= 4 is 18.0 Å². The molecule has 0 radical (unpaired) electrons. The molecule has 2 N–H and O–H groups in total. The lowest BCUT2D eigenvalue weighted by atomic mass is 9.94. The number of aryl methyl sites for hydroxylation is 1. The van der Waals surface area contributed by atoms with E-state index in [1.807, 2.05) is 0 Å². The van der Waals surface area contributed by atoms with Gasteiger partial charge in [-0.15, -0.1) is 0 Å². The monoisotopic (exact) mass is 716 g/mol. The lowest BCUT2D eigenvalue weighted by Gasteiger charge is -2.36. The standard InChI is InChI=1S/C35H30F6N4O6/c1-17-8-20(31(47)48)4-6-25(17)19-5-7-29(50-3)26(11-19)27-13-42-32(44-14-24(46)15-44)43-28(27)16-45-18(2)30(51-33(45)49)21-9-22(34(36,37)38)12-23(10-21)35(39,40)41/h4-13,18,24,30,46H,14-16H2,1-3H3,(H,47,48)/t18-,30?/m0/s1. The van der Waals surface area contributed by atoms with Crippen molar-refractivity contribution in [1.82, 2.24) is 14.9 Å². The minimum absolute atomic E-state index is 0.00757. The molecule has 2 atom stereocenters. The van der Waals surface area contributed by atoms with Crippen LogP contribution in [0.1, 0.15) is 51.3 Å². The predicted octanol–water partition coefficient (Wildman–Crippen LogP) is 7.13. The van der Waals surface area contributed by atoms with E-state index in [1.54, 1.807) is 36.1 Å². The fraction of sp³-hybridized carbons (Fsp3) is 0.314. The van der Waals surface area contributed by atoms with Crippen molar-refractivity contribution in [2.75, 3.05) is 25.1 Å². The van der Waals surface area contributed by atoms with Crippen LogP contribution in [0.3, 0.4) is 0 Å². The zero-order valence-corrected chi connectivity index (χ0v) is 27.2. The highest BCUT2D eigenvalue weighted by atomic mass is 19.4. The molecule has 268 valence electrons. The number of amides is 1. The normalized spacial score (nSPS) is 18.1. The Labute approximate surface area is 286 Å². The highest BCUT2D eigenvalue weighted by Gasteiger charge is 2.44. The molecule has 0 bridgehead atoms. The van der Waals surface area contributed by atoms with Gasteiger partial charge in [0.2, 0.25) is 5.95 Å². The summed E-state index contributed by atoms with van der Waals surface area (Å²) < 4.78 is 92.9. The molecule has 6 rings (SSSR count). The van der Waals surface area contributed by atoms with Crippen LogP contribution in [-0.4, -0.2) is 69.5 Å². The van der Waals surface area contributed by atoms with Gasteiger partial charge < -0.3 is 24.6 Å². The van der Waals surface area contributed by atoms with E-state index in [0.29, 0.717) is 40.1 Å². The molecule has 0 spiro atoms. The number of aliphatic hydroxyl groups excluding tert-OH is 1. The number of aliphatic hydroxyl groups is 1. The third-order valence-corrected chi connectivity index (χ3v) is 8.92. The van der Waals surface area contributed by atoms with Gasteiger partial charge >= 0.3 is 24.4 Å². The largest absolute Gasteiger partial charge is 0.496 e. The van der Waals surface area contributed by atoms with Crippen LogP contribution in [0.5, 0.6) is 5.75 Å². The highest BCUT2D eigenvalue weighted by Crippen LogP contribution is 2.42. The van der Waals surface area contributed by atoms with Crippen molar-refractivity contribution in [2.24, 2.45) is 0 Å². The number of ether oxygens (including phenoxy) is 2. The molecule has 2 saturated heterocycles. The van der Waals surface area contributed by atoms with E-state index in [9.17, 15) is 46.1 Å². The van der Waals surface area contributed by atoms with Crippen molar-refractivity contribution in [2.45, 2.75) is 51.0 Å². The van der Waals surface area contributed by atoms with Crippen LogP contribution < -0.4 is 9.64 Å². The number of rotatable bonds is 8. The molecule has 0 aliphatic carbocycles. The van der Waals surface area contributed by atoms with Gasteiger partial charge in [-0.1, -0.05) is 12.1 Å². The molecule has 51 heavy (non-hydrogen) atoms. The number of carboxylic acid groups (broad SMARTS) is 1. The first kappa shape index (κ1) is 35.4. The number of carbonyl (C=O) groups is 2. The van der Waals surface area contributed by atoms with Crippen LogP contribution in [0, 0.1) is 6.92 Å². The van der Waals surface area contributed by atoms with Gasteiger partial charge in [-0.05, 0) is 78.6 Å². The number of halogens is 6. The summed E-state index contributed by atoms with van der Waals surface area (Å²) in [4.78, 5) is 36.8. The number of methoxy groups -OCH3 is 1. The van der Waals surface area contributed by atoms with Crippen LogP contribution in [-0.2, 0) is 23.6 Å². The molecule has 10 nitrogen and oxygen atoms in total. The Hall–Kier alpha value is -5.38. The summed E-state index contributed by atoms with van der Waals surface area (Å²) in [5, 5.41) is 19.3.